The van der Waals surface area contributed by atoms with E-state index in [2.05, 4.69) is 20.6 Å². The number of anilines is 1. The van der Waals surface area contributed by atoms with Crippen LogP contribution >= 0.6 is 0 Å². The van der Waals surface area contributed by atoms with Gasteiger partial charge in [0.2, 0.25) is 5.89 Å². The van der Waals surface area contributed by atoms with Gasteiger partial charge >= 0.3 is 6.03 Å². The lowest BCUT2D eigenvalue weighted by Gasteiger charge is -2.34. The van der Waals surface area contributed by atoms with Gasteiger partial charge in [-0.2, -0.15) is 0 Å². The summed E-state index contributed by atoms with van der Waals surface area (Å²) in [4.78, 5) is 23.3. The van der Waals surface area contributed by atoms with Gasteiger partial charge < -0.3 is 20.0 Å². The first-order valence-electron chi connectivity index (χ1n) is 9.35. The van der Waals surface area contributed by atoms with E-state index in [1.807, 2.05) is 41.3 Å². The van der Waals surface area contributed by atoms with Gasteiger partial charge in [0.05, 0.1) is 0 Å². The topological polar surface area (TPSA) is 83.3 Å². The summed E-state index contributed by atoms with van der Waals surface area (Å²) in [5.41, 5.74) is 2.77. The van der Waals surface area contributed by atoms with E-state index in [0.717, 1.165) is 38.1 Å². The van der Waals surface area contributed by atoms with Crippen LogP contribution in [0.2, 0.25) is 0 Å². The molecule has 1 aromatic carbocycles. The number of carbonyl (C=O) groups is 1. The predicted octanol–water partition coefficient (Wildman–Crippen LogP) is 2.96. The number of likely N-dealkylation sites (tertiary alicyclic amines) is 1. The molecule has 5 rings (SSSR count). The molecule has 0 radical (unpaired) electrons. The van der Waals surface area contributed by atoms with Gasteiger partial charge in [-0.15, -0.1) is 0 Å². The zero-order valence-corrected chi connectivity index (χ0v) is 14.9. The number of pyridine rings is 1. The van der Waals surface area contributed by atoms with Crippen molar-refractivity contribution >= 4 is 22.8 Å². The number of carbonyl (C=O) groups excluding carboxylic acids is 1. The molecule has 2 fully saturated rings. The molecule has 27 heavy (non-hydrogen) atoms. The van der Waals surface area contributed by atoms with Crippen molar-refractivity contribution in [3.05, 3.63) is 42.6 Å². The summed E-state index contributed by atoms with van der Waals surface area (Å²) in [6, 6.07) is 11.1. The van der Waals surface area contributed by atoms with Crippen LogP contribution in [0, 0.1) is 11.8 Å². The third-order valence-corrected chi connectivity index (χ3v) is 5.52. The number of amides is 2. The lowest BCUT2D eigenvalue weighted by atomic mass is 9.89. The highest BCUT2D eigenvalue weighted by atomic mass is 16.3. The Morgan fingerprint density at radius 1 is 1.22 bits per heavy atom. The molecule has 0 spiro atoms. The molecule has 0 saturated carbocycles. The van der Waals surface area contributed by atoms with Gasteiger partial charge in [-0.3, -0.25) is 4.98 Å². The smallest absolute Gasteiger partial charge is 0.321 e. The molecule has 7 heteroatoms. The van der Waals surface area contributed by atoms with Gasteiger partial charge in [0.25, 0.3) is 0 Å². The zero-order valence-electron chi connectivity index (χ0n) is 14.9. The molecular weight excluding hydrogens is 342 g/mol. The Hall–Kier alpha value is -2.93. The van der Waals surface area contributed by atoms with Gasteiger partial charge in [0.15, 0.2) is 5.58 Å². The maximum absolute atomic E-state index is 12.7. The fourth-order valence-corrected chi connectivity index (χ4v) is 4.02. The molecule has 138 valence electrons. The number of piperidine rings is 1. The number of fused-ring (bicyclic) bond motifs is 2. The van der Waals surface area contributed by atoms with E-state index in [0.29, 0.717) is 34.7 Å². The van der Waals surface area contributed by atoms with E-state index in [1.54, 1.807) is 6.20 Å². The molecule has 2 atom stereocenters. The number of aromatic nitrogens is 2. The Balaban J connectivity index is 1.32. The average molecular weight is 363 g/mol. The summed E-state index contributed by atoms with van der Waals surface area (Å²) in [5, 5.41) is 6.42. The monoisotopic (exact) mass is 363 g/mol. The summed E-state index contributed by atoms with van der Waals surface area (Å²) in [6.45, 7) is 3.72. The maximum Gasteiger partial charge on any atom is 0.321 e. The standard InChI is InChI=1S/C20H21N5O2/c26-20(25-8-6-13-10-21-11-14(13)12-25)23-15-4-5-16-18(9-15)27-19(24-16)17-3-1-2-7-22-17/h1-5,7,9,13-14,21H,6,8,10-12H2,(H,23,26)/t13-,14-/m1/s1. The molecule has 0 unspecified atom stereocenters. The molecule has 2 amide bonds. The fraction of sp³-hybridized carbons (Fsp3) is 0.350. The number of benzene rings is 1. The quantitative estimate of drug-likeness (QED) is 0.731. The lowest BCUT2D eigenvalue weighted by molar-refractivity contribution is 0.161. The largest absolute Gasteiger partial charge is 0.435 e. The third-order valence-electron chi connectivity index (χ3n) is 5.52. The van der Waals surface area contributed by atoms with Crippen molar-refractivity contribution in [2.24, 2.45) is 11.8 Å². The van der Waals surface area contributed by atoms with E-state index >= 15 is 0 Å². The molecule has 2 aliphatic heterocycles. The van der Waals surface area contributed by atoms with Crippen LogP contribution in [0.25, 0.3) is 22.7 Å². The molecule has 2 aromatic heterocycles. The third kappa shape index (κ3) is 3.14. The van der Waals surface area contributed by atoms with Crippen molar-refractivity contribution < 1.29 is 9.21 Å². The second kappa shape index (κ2) is 6.66. The van der Waals surface area contributed by atoms with Crippen molar-refractivity contribution in [2.75, 3.05) is 31.5 Å². The van der Waals surface area contributed by atoms with E-state index in [4.69, 9.17) is 4.42 Å². The molecule has 2 aliphatic rings. The first-order valence-corrected chi connectivity index (χ1v) is 9.35. The van der Waals surface area contributed by atoms with Crippen LogP contribution in [0.5, 0.6) is 0 Å². The van der Waals surface area contributed by atoms with Gasteiger partial charge in [-0.05, 0) is 55.6 Å². The molecule has 4 heterocycles. The van der Waals surface area contributed by atoms with Crippen molar-refractivity contribution in [1.29, 1.82) is 0 Å². The lowest BCUT2D eigenvalue weighted by Crippen LogP contribution is -2.45. The Morgan fingerprint density at radius 3 is 3.04 bits per heavy atom. The van der Waals surface area contributed by atoms with Crippen LogP contribution in [-0.4, -0.2) is 47.1 Å². The number of hydrogen-bond donors (Lipinski definition) is 2. The van der Waals surface area contributed by atoms with Gasteiger partial charge in [-0.1, -0.05) is 6.07 Å². The Labute approximate surface area is 156 Å². The Kier molecular flexibility index (Phi) is 4.01. The minimum absolute atomic E-state index is 0.0517. The minimum atomic E-state index is -0.0517. The summed E-state index contributed by atoms with van der Waals surface area (Å²) >= 11 is 0. The van der Waals surface area contributed by atoms with E-state index in [9.17, 15) is 4.79 Å². The van der Waals surface area contributed by atoms with Crippen LogP contribution in [0.15, 0.2) is 47.0 Å². The fourth-order valence-electron chi connectivity index (χ4n) is 4.02. The minimum Gasteiger partial charge on any atom is -0.435 e. The first kappa shape index (κ1) is 16.3. The Bertz CT molecular complexity index is 971. The van der Waals surface area contributed by atoms with E-state index in [1.165, 1.54) is 0 Å². The second-order valence-corrected chi connectivity index (χ2v) is 7.26. The van der Waals surface area contributed by atoms with E-state index < -0.39 is 0 Å². The molecule has 2 N–H and O–H groups in total. The summed E-state index contributed by atoms with van der Waals surface area (Å²) < 4.78 is 5.83. The highest BCUT2D eigenvalue weighted by Crippen LogP contribution is 2.28. The van der Waals surface area contributed by atoms with Crippen molar-refractivity contribution in [3.63, 3.8) is 0 Å². The van der Waals surface area contributed by atoms with Crippen molar-refractivity contribution in [3.8, 4) is 11.6 Å². The molecule has 7 nitrogen and oxygen atoms in total. The summed E-state index contributed by atoms with van der Waals surface area (Å²) in [7, 11) is 0. The summed E-state index contributed by atoms with van der Waals surface area (Å²) in [5.74, 6) is 1.76. The number of rotatable bonds is 2. The van der Waals surface area contributed by atoms with Crippen LogP contribution in [0.1, 0.15) is 6.42 Å². The highest BCUT2D eigenvalue weighted by molar-refractivity contribution is 5.92. The Morgan fingerprint density at radius 2 is 2.15 bits per heavy atom. The number of nitrogens with one attached hydrogen (secondary N) is 2. The molecular formula is C20H21N5O2. The number of oxazole rings is 1. The van der Waals surface area contributed by atoms with Crippen molar-refractivity contribution in [2.45, 2.75) is 6.42 Å². The molecule has 3 aromatic rings. The SMILES string of the molecule is O=C(Nc1ccc2nc(-c3ccccn3)oc2c1)N1CC[C@@H]2CNC[C@@H]2C1. The second-order valence-electron chi connectivity index (χ2n) is 7.26. The van der Waals surface area contributed by atoms with Crippen LogP contribution in [-0.2, 0) is 0 Å². The van der Waals surface area contributed by atoms with Crippen LogP contribution in [0.4, 0.5) is 10.5 Å². The van der Waals surface area contributed by atoms with Gasteiger partial charge in [0.1, 0.15) is 11.2 Å². The van der Waals surface area contributed by atoms with E-state index in [-0.39, 0.29) is 6.03 Å². The molecule has 0 aliphatic carbocycles. The molecule has 2 saturated heterocycles. The van der Waals surface area contributed by atoms with Crippen LogP contribution in [0.3, 0.4) is 0 Å². The number of hydrogen-bond acceptors (Lipinski definition) is 5. The predicted molar refractivity (Wildman–Crippen MR) is 102 cm³/mol. The highest BCUT2D eigenvalue weighted by Gasteiger charge is 2.34. The number of nitrogens with zero attached hydrogens (tertiary/aromatic N) is 3. The van der Waals surface area contributed by atoms with Crippen molar-refractivity contribution in [1.82, 2.24) is 20.2 Å². The first-order chi connectivity index (χ1) is 13.3. The normalized spacial score (nSPS) is 22.0. The number of urea groups is 1. The van der Waals surface area contributed by atoms with Gasteiger partial charge in [-0.25, -0.2) is 9.78 Å². The van der Waals surface area contributed by atoms with Crippen LogP contribution < -0.4 is 10.6 Å². The average Bonchev–Trinajstić information content (AvgIpc) is 3.34. The maximum atomic E-state index is 12.7. The molecule has 0 bridgehead atoms. The zero-order chi connectivity index (χ0) is 18.2. The summed E-state index contributed by atoms with van der Waals surface area (Å²) in [6.07, 6.45) is 2.78. The van der Waals surface area contributed by atoms with Gasteiger partial charge in [0, 0.05) is 31.0 Å².